The van der Waals surface area contributed by atoms with Gasteiger partial charge in [0.1, 0.15) is 29.7 Å². The van der Waals surface area contributed by atoms with E-state index in [-0.39, 0.29) is 86.7 Å². The molecule has 2 aliphatic rings. The molecular formula is C48H43BF10N8O9S2. The Kier molecular flexibility index (Phi) is 17.5. The first kappa shape index (κ1) is 58.8. The highest BCUT2D eigenvalue weighted by atomic mass is 32.2. The minimum Gasteiger partial charge on any atom is -0.506 e. The van der Waals surface area contributed by atoms with Crippen LogP contribution in [-0.4, -0.2) is 126 Å². The molecule has 8 rings (SSSR count). The number of halogens is 10. The van der Waals surface area contributed by atoms with Crippen LogP contribution in [0.5, 0.6) is 5.75 Å². The van der Waals surface area contributed by atoms with Gasteiger partial charge in [-0.25, -0.2) is 54.3 Å². The van der Waals surface area contributed by atoms with Gasteiger partial charge in [-0.1, -0.05) is 0 Å². The van der Waals surface area contributed by atoms with Crippen LogP contribution in [0.2, 0.25) is 0 Å². The summed E-state index contributed by atoms with van der Waals surface area (Å²) in [5.74, 6) is -5.57. The number of hydrogen-bond donors (Lipinski definition) is 3. The molecule has 0 radical (unpaired) electrons. The van der Waals surface area contributed by atoms with E-state index in [2.05, 4.69) is 29.9 Å². The molecule has 0 saturated carbocycles. The number of nitrogens with zero attached hydrogens (tertiary/aromatic N) is 8. The van der Waals surface area contributed by atoms with Gasteiger partial charge in [0.05, 0.1) is 51.5 Å². The molecule has 0 spiro atoms. The first-order valence-corrected chi connectivity index (χ1v) is 26.1. The van der Waals surface area contributed by atoms with Crippen LogP contribution in [0.4, 0.5) is 43.9 Å². The van der Waals surface area contributed by atoms with Gasteiger partial charge >= 0.3 is 19.5 Å². The maximum Gasteiger partial charge on any atom is 0.490 e. The van der Waals surface area contributed by atoms with Gasteiger partial charge in [-0.15, -0.1) is 0 Å². The number of alkyl halides is 8. The summed E-state index contributed by atoms with van der Waals surface area (Å²) in [6.07, 6.45) is -8.63. The number of sulfonamides is 2. The van der Waals surface area contributed by atoms with Crippen LogP contribution in [-0.2, 0) is 54.8 Å². The predicted molar refractivity (Wildman–Crippen MR) is 255 cm³/mol. The maximum absolute atomic E-state index is 14.7. The zero-order chi connectivity index (χ0) is 57.2. The summed E-state index contributed by atoms with van der Waals surface area (Å²) >= 11 is 0. The Morgan fingerprint density at radius 3 is 1.32 bits per heavy atom. The Bertz CT molecular complexity index is 3370. The van der Waals surface area contributed by atoms with E-state index in [1.165, 1.54) is 26.0 Å². The van der Waals surface area contributed by atoms with Crippen molar-refractivity contribution in [3.05, 3.63) is 132 Å². The molecule has 6 atom stereocenters. The van der Waals surface area contributed by atoms with Crippen LogP contribution in [0.15, 0.2) is 108 Å². The van der Waals surface area contributed by atoms with E-state index in [1.807, 2.05) is 0 Å². The van der Waals surface area contributed by atoms with Crippen LogP contribution >= 0.6 is 0 Å². The summed E-state index contributed by atoms with van der Waals surface area (Å²) in [5.41, 5.74) is 0.733. The van der Waals surface area contributed by atoms with Gasteiger partial charge in [-0.3, -0.25) is 19.6 Å². The molecule has 2 aliphatic heterocycles. The Morgan fingerprint density at radius 2 is 0.949 bits per heavy atom. The Labute approximate surface area is 438 Å². The molecule has 17 nitrogen and oxygen atoms in total. The van der Waals surface area contributed by atoms with Crippen molar-refractivity contribution in [1.82, 2.24) is 38.5 Å². The molecule has 2 fully saturated rings. The second kappa shape index (κ2) is 23.2. The zero-order valence-electron chi connectivity index (χ0n) is 40.5. The monoisotopic (exact) mass is 1140 g/mol. The second-order valence-corrected chi connectivity index (χ2v) is 21.6. The molecule has 414 valence electrons. The van der Waals surface area contributed by atoms with Gasteiger partial charge in [-0.2, -0.15) is 35.0 Å². The predicted octanol–water partition coefficient (Wildman–Crippen LogP) is 6.16. The quantitative estimate of drug-likeness (QED) is 0.0770. The van der Waals surface area contributed by atoms with Crippen molar-refractivity contribution in [3.8, 4) is 28.3 Å². The van der Waals surface area contributed by atoms with Crippen molar-refractivity contribution in [2.24, 2.45) is 0 Å². The van der Waals surface area contributed by atoms with E-state index in [9.17, 15) is 85.5 Å². The van der Waals surface area contributed by atoms with Gasteiger partial charge < -0.3 is 15.2 Å². The summed E-state index contributed by atoms with van der Waals surface area (Å²) < 4.78 is 187. The fourth-order valence-corrected chi connectivity index (χ4v) is 12.4. The number of aryl methyl sites for hydroxylation is 2. The molecular weight excluding hydrogens is 1100 g/mol. The van der Waals surface area contributed by atoms with Crippen LogP contribution in [0.1, 0.15) is 62.3 Å². The molecule has 2 aromatic carbocycles. The molecule has 2 saturated heterocycles. The number of Topliss-reactive ketones (excluding diaryl/α,β-unsaturated/α-hetero) is 2. The van der Waals surface area contributed by atoms with E-state index < -0.39 is 117 Å². The van der Waals surface area contributed by atoms with E-state index in [1.54, 1.807) is 0 Å². The Balaban J connectivity index is 0.000000226. The normalized spacial score (nSPS) is 20.3. The first-order chi connectivity index (χ1) is 36.5. The van der Waals surface area contributed by atoms with Crippen LogP contribution < -0.4 is 5.46 Å². The summed E-state index contributed by atoms with van der Waals surface area (Å²) in [5, 5.41) is 29.7. The highest BCUT2D eigenvalue weighted by molar-refractivity contribution is 7.89. The van der Waals surface area contributed by atoms with Crippen LogP contribution in [0.25, 0.3) is 22.5 Å². The fraction of sp³-hybridized carbons (Fsp3) is 0.333. The summed E-state index contributed by atoms with van der Waals surface area (Å²) in [4.78, 5) is 46.7. The minimum atomic E-state index is -4.75. The molecule has 6 heterocycles. The van der Waals surface area contributed by atoms with E-state index >= 15 is 0 Å². The number of hydrogen-bond acceptors (Lipinski definition) is 15. The minimum absolute atomic E-state index is 0.0828. The molecule has 6 aromatic rings. The zero-order valence-corrected chi connectivity index (χ0v) is 42.1. The highest BCUT2D eigenvalue weighted by Crippen LogP contribution is 2.37. The molecule has 0 bridgehead atoms. The summed E-state index contributed by atoms with van der Waals surface area (Å²) in [7, 11) is -10.7. The highest BCUT2D eigenvalue weighted by Gasteiger charge is 2.50. The summed E-state index contributed by atoms with van der Waals surface area (Å²) in [6, 6.07) is 5.52. The van der Waals surface area contributed by atoms with Crippen molar-refractivity contribution >= 4 is 44.2 Å². The topological polar surface area (TPSA) is 247 Å². The molecule has 0 unspecified atom stereocenters. The Hall–Kier alpha value is -6.86. The lowest BCUT2D eigenvalue weighted by atomic mass is 9.76. The van der Waals surface area contributed by atoms with Gasteiger partial charge in [0.25, 0.3) is 0 Å². The standard InChI is InChI=1S/C24H22BF5N4O5S.C24H21F5N4O4S/c1-13-19(27)9-21(34(13)40(38,39)17-5-3-16(26)4-6-17)22(35)7-2-14-8-20(31-12-18(14)25(36)37)15-10-32-23(33-11-15)24(28,29)30;1-13-18(26)9-20(33(13)38(36,37)17-5-3-16(25)4-6-17)21(34)7-2-14-8-19(30-12-22(14)35)15-10-31-23(32-11-15)24(27,28)29/h3-6,8,10-13,19,21,36-37H,2,7,9H2,1H3;3-6,8,10-13,18,20,35H,2,7,9H2,1H3/t13-,19+,21-;13-,18+,20-/m00/s1. The van der Waals surface area contributed by atoms with Crippen molar-refractivity contribution in [1.29, 1.82) is 0 Å². The lowest BCUT2D eigenvalue weighted by Crippen LogP contribution is -2.44. The largest absolute Gasteiger partial charge is 0.506 e. The average molecular weight is 1140 g/mol. The van der Waals surface area contributed by atoms with Crippen LogP contribution in [0.3, 0.4) is 0 Å². The van der Waals surface area contributed by atoms with Crippen molar-refractivity contribution in [2.45, 2.75) is 111 Å². The van der Waals surface area contributed by atoms with E-state index in [4.69, 9.17) is 0 Å². The van der Waals surface area contributed by atoms with Gasteiger partial charge in [-0.05, 0) is 98.5 Å². The number of aromatic nitrogens is 6. The summed E-state index contributed by atoms with van der Waals surface area (Å²) in [6.45, 7) is 2.66. The van der Waals surface area contributed by atoms with Crippen LogP contribution in [0, 0.1) is 11.6 Å². The first-order valence-electron chi connectivity index (χ1n) is 23.2. The van der Waals surface area contributed by atoms with Crippen molar-refractivity contribution in [3.63, 3.8) is 0 Å². The van der Waals surface area contributed by atoms with Gasteiger partial charge in [0.2, 0.25) is 31.7 Å². The molecule has 78 heavy (non-hydrogen) atoms. The van der Waals surface area contributed by atoms with E-state index in [0.717, 1.165) is 94.3 Å². The van der Waals surface area contributed by atoms with E-state index in [0.29, 0.717) is 0 Å². The number of carbonyl (C=O) groups excluding carboxylic acids is 2. The fourth-order valence-electron chi connectivity index (χ4n) is 8.72. The smallest absolute Gasteiger partial charge is 0.490 e. The number of pyridine rings is 2. The third-order valence-corrected chi connectivity index (χ3v) is 16.9. The molecule has 3 N–H and O–H groups in total. The van der Waals surface area contributed by atoms with Gasteiger partial charge in [0.15, 0.2) is 11.6 Å². The SMILES string of the molecule is C[C@H]1[C@H](F)C[C@@H](C(=O)CCc2cc(-c3cnc(C(F)(F)F)nc3)ncc2B(O)O)N1S(=O)(=O)c1ccc(F)cc1.C[C@H]1[C@H](F)C[C@@H](C(=O)CCc2cc(-c3cnc(C(F)(F)F)nc3)ncc2O)N1S(=O)(=O)c1ccc(F)cc1. The number of rotatable bonds is 15. The lowest BCUT2D eigenvalue weighted by molar-refractivity contribution is -0.145. The number of carbonyl (C=O) groups is 2. The van der Waals surface area contributed by atoms with Crippen molar-refractivity contribution in [2.75, 3.05) is 0 Å². The molecule has 30 heteroatoms. The molecule has 0 aliphatic carbocycles. The molecule has 4 aromatic heterocycles. The number of ketones is 2. The third kappa shape index (κ3) is 13.0. The second-order valence-electron chi connectivity index (χ2n) is 18.0. The number of aromatic hydroxyl groups is 1. The number of benzene rings is 2. The van der Waals surface area contributed by atoms with Gasteiger partial charge in [0, 0.05) is 73.3 Å². The maximum atomic E-state index is 14.7. The molecule has 0 amide bonds. The lowest BCUT2D eigenvalue weighted by Gasteiger charge is -2.27. The third-order valence-electron chi connectivity index (χ3n) is 12.8. The van der Waals surface area contributed by atoms with Crippen molar-refractivity contribution < 1.29 is 85.5 Å². The Morgan fingerprint density at radius 1 is 0.590 bits per heavy atom. The average Bonchev–Trinajstić information content (AvgIpc) is 3.94.